The van der Waals surface area contributed by atoms with Crippen LogP contribution in [0.1, 0.15) is 6.92 Å². The van der Waals surface area contributed by atoms with Crippen LogP contribution in [0.4, 0.5) is 11.4 Å². The number of rotatable bonds is 5. The Labute approximate surface area is 152 Å². The Morgan fingerprint density at radius 3 is 2.60 bits per heavy atom. The number of nitrogens with zero attached hydrogens (tertiary/aromatic N) is 1. The lowest BCUT2D eigenvalue weighted by atomic mass is 10.2. The van der Waals surface area contributed by atoms with Crippen molar-refractivity contribution in [3.63, 3.8) is 0 Å². The van der Waals surface area contributed by atoms with E-state index < -0.39 is 6.10 Å². The van der Waals surface area contributed by atoms with E-state index in [4.69, 9.17) is 21.1 Å². The highest BCUT2D eigenvalue weighted by Gasteiger charge is 2.21. The lowest BCUT2D eigenvalue weighted by molar-refractivity contribution is -0.122. The smallest absolute Gasteiger partial charge is 0.265 e. The van der Waals surface area contributed by atoms with Crippen molar-refractivity contribution < 1.29 is 14.3 Å². The Hall–Kier alpha value is -2.24. The molecule has 132 valence electrons. The van der Waals surface area contributed by atoms with Crippen LogP contribution in [0, 0.1) is 0 Å². The minimum absolute atomic E-state index is 0.222. The highest BCUT2D eigenvalue weighted by atomic mass is 35.5. The maximum atomic E-state index is 12.5. The summed E-state index contributed by atoms with van der Waals surface area (Å²) in [6.45, 7) is 4.49. The summed E-state index contributed by atoms with van der Waals surface area (Å²) in [5, 5.41) is 3.55. The minimum atomic E-state index is -0.626. The van der Waals surface area contributed by atoms with Crippen molar-refractivity contribution in [3.05, 3.63) is 53.6 Å². The molecular formula is C19H21ClN2O3. The van der Waals surface area contributed by atoms with Crippen LogP contribution < -0.4 is 15.0 Å². The highest BCUT2D eigenvalue weighted by Crippen LogP contribution is 2.34. The first-order valence-electron chi connectivity index (χ1n) is 8.29. The third-order valence-corrected chi connectivity index (χ3v) is 4.30. The molecule has 1 aliphatic rings. The number of benzene rings is 2. The molecule has 3 rings (SSSR count). The van der Waals surface area contributed by atoms with E-state index in [9.17, 15) is 4.79 Å². The number of morpholine rings is 1. The largest absolute Gasteiger partial charge is 0.481 e. The molecule has 0 radical (unpaired) electrons. The van der Waals surface area contributed by atoms with E-state index in [2.05, 4.69) is 10.2 Å². The average Bonchev–Trinajstić information content (AvgIpc) is 2.63. The first-order chi connectivity index (χ1) is 12.1. The molecular weight excluding hydrogens is 340 g/mol. The summed E-state index contributed by atoms with van der Waals surface area (Å²) < 4.78 is 11.1. The molecule has 5 nitrogen and oxygen atoms in total. The molecule has 0 bridgehead atoms. The van der Waals surface area contributed by atoms with Crippen molar-refractivity contribution in [2.24, 2.45) is 0 Å². The zero-order chi connectivity index (χ0) is 17.6. The number of nitrogens with one attached hydrogen (secondary N) is 1. The van der Waals surface area contributed by atoms with E-state index in [1.807, 2.05) is 48.5 Å². The summed E-state index contributed by atoms with van der Waals surface area (Å²) in [5.41, 5.74) is 1.51. The SMILES string of the molecule is CC(Oc1ccccc1)C(=O)Nc1cccc(Cl)c1N1CCOCC1. The van der Waals surface area contributed by atoms with E-state index >= 15 is 0 Å². The van der Waals surface area contributed by atoms with Crippen LogP contribution in [-0.4, -0.2) is 38.3 Å². The number of carbonyl (C=O) groups is 1. The molecule has 25 heavy (non-hydrogen) atoms. The molecule has 0 aliphatic carbocycles. The summed E-state index contributed by atoms with van der Waals surface area (Å²) in [7, 11) is 0. The molecule has 1 atom stereocenters. The zero-order valence-electron chi connectivity index (χ0n) is 14.1. The number of halogens is 1. The summed E-state index contributed by atoms with van der Waals surface area (Å²) in [4.78, 5) is 14.7. The number of para-hydroxylation sites is 2. The fourth-order valence-corrected chi connectivity index (χ4v) is 3.01. The number of carbonyl (C=O) groups excluding carboxylic acids is 1. The Morgan fingerprint density at radius 2 is 1.88 bits per heavy atom. The molecule has 2 aromatic carbocycles. The minimum Gasteiger partial charge on any atom is -0.481 e. The molecule has 1 unspecified atom stereocenters. The highest BCUT2D eigenvalue weighted by molar-refractivity contribution is 6.34. The van der Waals surface area contributed by atoms with Gasteiger partial charge in [-0.3, -0.25) is 4.79 Å². The van der Waals surface area contributed by atoms with E-state index in [0.29, 0.717) is 29.7 Å². The first kappa shape index (κ1) is 17.6. The van der Waals surface area contributed by atoms with Gasteiger partial charge in [0, 0.05) is 13.1 Å². The molecule has 1 fully saturated rings. The second-order valence-electron chi connectivity index (χ2n) is 5.80. The van der Waals surface area contributed by atoms with Crippen LogP contribution in [0.3, 0.4) is 0 Å². The van der Waals surface area contributed by atoms with E-state index in [-0.39, 0.29) is 5.91 Å². The van der Waals surface area contributed by atoms with Gasteiger partial charge in [-0.15, -0.1) is 0 Å². The summed E-state index contributed by atoms with van der Waals surface area (Å²) in [6, 6.07) is 14.8. The van der Waals surface area contributed by atoms with E-state index in [0.717, 1.165) is 18.8 Å². The second-order valence-corrected chi connectivity index (χ2v) is 6.21. The lowest BCUT2D eigenvalue weighted by Gasteiger charge is -2.31. The third kappa shape index (κ3) is 4.44. The van der Waals surface area contributed by atoms with Crippen LogP contribution in [0.2, 0.25) is 5.02 Å². The van der Waals surface area contributed by atoms with E-state index in [1.165, 1.54) is 0 Å². The van der Waals surface area contributed by atoms with E-state index in [1.54, 1.807) is 6.92 Å². The summed E-state index contributed by atoms with van der Waals surface area (Å²) >= 11 is 6.39. The second kappa shape index (κ2) is 8.23. The summed E-state index contributed by atoms with van der Waals surface area (Å²) in [6.07, 6.45) is -0.626. The molecule has 1 heterocycles. The number of ether oxygens (including phenoxy) is 2. The van der Waals surface area contributed by atoms with Gasteiger partial charge in [0.15, 0.2) is 6.10 Å². The van der Waals surface area contributed by atoms with Gasteiger partial charge >= 0.3 is 0 Å². The molecule has 1 N–H and O–H groups in total. The van der Waals surface area contributed by atoms with Crippen LogP contribution in [-0.2, 0) is 9.53 Å². The Balaban J connectivity index is 1.73. The molecule has 6 heteroatoms. The number of amides is 1. The van der Waals surface area contributed by atoms with Crippen LogP contribution in [0.25, 0.3) is 0 Å². The topological polar surface area (TPSA) is 50.8 Å². The van der Waals surface area contributed by atoms with Gasteiger partial charge in [0.05, 0.1) is 29.6 Å². The number of hydrogen-bond donors (Lipinski definition) is 1. The molecule has 1 aliphatic heterocycles. The molecule has 1 amide bonds. The normalized spacial score (nSPS) is 15.5. The zero-order valence-corrected chi connectivity index (χ0v) is 14.8. The average molecular weight is 361 g/mol. The predicted octanol–water partition coefficient (Wildman–Crippen LogP) is 3.58. The Kier molecular flexibility index (Phi) is 5.79. The van der Waals surface area contributed by atoms with Crippen LogP contribution in [0.15, 0.2) is 48.5 Å². The maximum Gasteiger partial charge on any atom is 0.265 e. The van der Waals surface area contributed by atoms with Crippen LogP contribution >= 0.6 is 11.6 Å². The molecule has 2 aromatic rings. The molecule has 0 spiro atoms. The van der Waals surface area contributed by atoms with Crippen molar-refractivity contribution in [3.8, 4) is 5.75 Å². The fourth-order valence-electron chi connectivity index (χ4n) is 2.72. The quantitative estimate of drug-likeness (QED) is 0.885. The summed E-state index contributed by atoms with van der Waals surface area (Å²) in [5.74, 6) is 0.435. The van der Waals surface area contributed by atoms with Gasteiger partial charge in [-0.25, -0.2) is 0 Å². The Bertz CT molecular complexity index is 718. The van der Waals surface area contributed by atoms with Crippen molar-refractivity contribution >= 4 is 28.9 Å². The molecule has 1 saturated heterocycles. The van der Waals surface area contributed by atoms with Gasteiger partial charge in [-0.05, 0) is 31.2 Å². The van der Waals surface area contributed by atoms with Crippen molar-refractivity contribution in [2.45, 2.75) is 13.0 Å². The lowest BCUT2D eigenvalue weighted by Crippen LogP contribution is -2.37. The van der Waals surface area contributed by atoms with Crippen LogP contribution in [0.5, 0.6) is 5.75 Å². The first-order valence-corrected chi connectivity index (χ1v) is 8.67. The number of anilines is 2. The van der Waals surface area contributed by atoms with Gasteiger partial charge < -0.3 is 19.7 Å². The van der Waals surface area contributed by atoms with Crippen molar-refractivity contribution in [2.75, 3.05) is 36.5 Å². The van der Waals surface area contributed by atoms with Gasteiger partial charge in [-0.1, -0.05) is 35.9 Å². The monoisotopic (exact) mass is 360 g/mol. The predicted molar refractivity (Wildman–Crippen MR) is 99.6 cm³/mol. The van der Waals surface area contributed by atoms with Gasteiger partial charge in [0.1, 0.15) is 5.75 Å². The van der Waals surface area contributed by atoms with Gasteiger partial charge in [0.2, 0.25) is 0 Å². The molecule has 0 aromatic heterocycles. The van der Waals surface area contributed by atoms with Gasteiger partial charge in [0.25, 0.3) is 5.91 Å². The third-order valence-electron chi connectivity index (χ3n) is 4.00. The van der Waals surface area contributed by atoms with Crippen molar-refractivity contribution in [1.29, 1.82) is 0 Å². The number of hydrogen-bond acceptors (Lipinski definition) is 4. The standard InChI is InChI=1S/C19H21ClN2O3/c1-14(25-15-6-3-2-4-7-15)19(23)21-17-9-5-8-16(20)18(17)22-10-12-24-13-11-22/h2-9,14H,10-13H2,1H3,(H,21,23). The Morgan fingerprint density at radius 1 is 1.16 bits per heavy atom. The maximum absolute atomic E-state index is 12.5. The van der Waals surface area contributed by atoms with Crippen molar-refractivity contribution in [1.82, 2.24) is 0 Å². The van der Waals surface area contributed by atoms with Gasteiger partial charge in [-0.2, -0.15) is 0 Å². The fraction of sp³-hybridized carbons (Fsp3) is 0.316. The molecule has 0 saturated carbocycles.